The number of nitrogens with zero attached hydrogens (tertiary/aromatic N) is 1. The lowest BCUT2D eigenvalue weighted by molar-refractivity contribution is 0.103. The summed E-state index contributed by atoms with van der Waals surface area (Å²) in [5, 5.41) is 7.87. The fourth-order valence-electron chi connectivity index (χ4n) is 1.99. The summed E-state index contributed by atoms with van der Waals surface area (Å²) < 4.78 is 5.18. The van der Waals surface area contributed by atoms with Gasteiger partial charge in [-0.1, -0.05) is 12.1 Å². The molecule has 0 fully saturated rings. The number of amides is 1. The molecule has 2 heterocycles. The fraction of sp³-hybridized carbons (Fsp3) is 0.0588. The molecule has 0 atom stereocenters. The summed E-state index contributed by atoms with van der Waals surface area (Å²) in [6.07, 6.45) is 1.62. The molecule has 6 heteroatoms. The van der Waals surface area contributed by atoms with E-state index in [9.17, 15) is 4.79 Å². The second kappa shape index (κ2) is 6.93. The highest BCUT2D eigenvalue weighted by Crippen LogP contribution is 2.21. The Labute approximate surface area is 138 Å². The van der Waals surface area contributed by atoms with E-state index in [0.717, 1.165) is 11.4 Å². The van der Waals surface area contributed by atoms with E-state index >= 15 is 0 Å². The minimum absolute atomic E-state index is 0.129. The number of pyridine rings is 1. The normalized spacial score (nSPS) is 10.1. The summed E-state index contributed by atoms with van der Waals surface area (Å²) in [7, 11) is 1.63. The topological polar surface area (TPSA) is 63.2 Å². The molecule has 1 aromatic carbocycles. The molecular formula is C17H15N3O2S. The van der Waals surface area contributed by atoms with Crippen LogP contribution in [0.2, 0.25) is 0 Å². The van der Waals surface area contributed by atoms with Crippen molar-refractivity contribution < 1.29 is 9.53 Å². The summed E-state index contributed by atoms with van der Waals surface area (Å²) in [6.45, 7) is 0. The van der Waals surface area contributed by atoms with Crippen LogP contribution in [0.5, 0.6) is 5.75 Å². The van der Waals surface area contributed by atoms with Crippen molar-refractivity contribution in [3.8, 4) is 5.75 Å². The van der Waals surface area contributed by atoms with E-state index in [4.69, 9.17) is 4.74 Å². The van der Waals surface area contributed by atoms with E-state index in [1.54, 1.807) is 25.4 Å². The molecular weight excluding hydrogens is 310 g/mol. The Hall–Kier alpha value is -2.86. The molecule has 5 nitrogen and oxygen atoms in total. The average Bonchev–Trinajstić information content (AvgIpc) is 3.11. The van der Waals surface area contributed by atoms with Crippen LogP contribution in [0.15, 0.2) is 60.1 Å². The van der Waals surface area contributed by atoms with Crippen LogP contribution >= 0.6 is 11.3 Å². The highest BCUT2D eigenvalue weighted by Gasteiger charge is 2.07. The minimum atomic E-state index is -0.129. The van der Waals surface area contributed by atoms with Gasteiger partial charge in [0.15, 0.2) is 0 Å². The Balaban J connectivity index is 1.66. The third-order valence-electron chi connectivity index (χ3n) is 3.11. The molecule has 0 aliphatic heterocycles. The molecule has 0 radical (unpaired) electrons. The Bertz CT molecular complexity index is 786. The third-order valence-corrected chi connectivity index (χ3v) is 3.98. The molecule has 3 rings (SSSR count). The van der Waals surface area contributed by atoms with Gasteiger partial charge in [0, 0.05) is 11.8 Å². The number of ether oxygens (including phenoxy) is 1. The maximum atomic E-state index is 12.0. The van der Waals surface area contributed by atoms with E-state index in [1.807, 2.05) is 41.8 Å². The quantitative estimate of drug-likeness (QED) is 0.740. The molecule has 1 amide bonds. The van der Waals surface area contributed by atoms with Gasteiger partial charge in [-0.3, -0.25) is 4.79 Å². The van der Waals surface area contributed by atoms with Crippen LogP contribution in [0.3, 0.4) is 0 Å². The molecule has 0 bridgehead atoms. The number of anilines is 3. The Kier molecular flexibility index (Phi) is 4.54. The van der Waals surface area contributed by atoms with Crippen molar-refractivity contribution in [2.75, 3.05) is 17.7 Å². The lowest BCUT2D eigenvalue weighted by Crippen LogP contribution is -2.10. The highest BCUT2D eigenvalue weighted by molar-refractivity contribution is 7.12. The van der Waals surface area contributed by atoms with Gasteiger partial charge in [-0.25, -0.2) is 4.98 Å². The molecule has 0 spiro atoms. The zero-order valence-corrected chi connectivity index (χ0v) is 13.3. The standard InChI is InChI=1S/C17H15N3O2S/c1-22-14-5-2-4-12(10-14)19-16-8-7-13(11-18-16)20-17(21)15-6-3-9-23-15/h2-11H,1H3,(H,18,19)(H,20,21). The molecule has 0 aliphatic carbocycles. The van der Waals surface area contributed by atoms with Gasteiger partial charge in [0.05, 0.1) is 23.9 Å². The first-order valence-corrected chi connectivity index (χ1v) is 7.84. The number of methoxy groups -OCH3 is 1. The number of thiophene rings is 1. The molecule has 0 aliphatic rings. The maximum Gasteiger partial charge on any atom is 0.265 e. The van der Waals surface area contributed by atoms with Crippen molar-refractivity contribution in [3.63, 3.8) is 0 Å². The summed E-state index contributed by atoms with van der Waals surface area (Å²) in [5.41, 5.74) is 1.53. The van der Waals surface area contributed by atoms with E-state index < -0.39 is 0 Å². The van der Waals surface area contributed by atoms with Crippen LogP contribution in [-0.4, -0.2) is 18.0 Å². The molecule has 116 valence electrons. The molecule has 2 aromatic heterocycles. The van der Waals surface area contributed by atoms with Crippen LogP contribution in [-0.2, 0) is 0 Å². The van der Waals surface area contributed by atoms with Crippen LogP contribution in [0.25, 0.3) is 0 Å². The summed E-state index contributed by atoms with van der Waals surface area (Å²) in [6, 6.07) is 14.8. The van der Waals surface area contributed by atoms with Gasteiger partial charge in [-0.15, -0.1) is 11.3 Å². The number of hydrogen-bond acceptors (Lipinski definition) is 5. The van der Waals surface area contributed by atoms with Crippen LogP contribution in [0.4, 0.5) is 17.2 Å². The number of benzene rings is 1. The van der Waals surface area contributed by atoms with Crippen LogP contribution < -0.4 is 15.4 Å². The van der Waals surface area contributed by atoms with Crippen molar-refractivity contribution >= 4 is 34.4 Å². The van der Waals surface area contributed by atoms with Crippen LogP contribution in [0.1, 0.15) is 9.67 Å². The number of carbonyl (C=O) groups excluding carboxylic acids is 1. The number of hydrogen-bond donors (Lipinski definition) is 2. The van der Waals surface area contributed by atoms with Gasteiger partial charge < -0.3 is 15.4 Å². The lowest BCUT2D eigenvalue weighted by atomic mass is 10.3. The monoisotopic (exact) mass is 325 g/mol. The largest absolute Gasteiger partial charge is 0.497 e. The van der Waals surface area contributed by atoms with Crippen molar-refractivity contribution in [1.29, 1.82) is 0 Å². The first-order valence-electron chi connectivity index (χ1n) is 6.96. The molecule has 0 saturated heterocycles. The molecule has 2 N–H and O–H groups in total. The summed E-state index contributed by atoms with van der Waals surface area (Å²) in [4.78, 5) is 16.9. The Morgan fingerprint density at radius 3 is 2.74 bits per heavy atom. The highest BCUT2D eigenvalue weighted by atomic mass is 32.1. The Morgan fingerprint density at radius 1 is 1.13 bits per heavy atom. The second-order valence-corrected chi connectivity index (χ2v) is 5.67. The smallest absolute Gasteiger partial charge is 0.265 e. The molecule has 23 heavy (non-hydrogen) atoms. The van der Waals surface area contributed by atoms with E-state index in [-0.39, 0.29) is 5.91 Å². The fourth-order valence-corrected chi connectivity index (χ4v) is 2.61. The van der Waals surface area contributed by atoms with Crippen molar-refractivity contribution in [2.24, 2.45) is 0 Å². The number of aromatic nitrogens is 1. The van der Waals surface area contributed by atoms with Gasteiger partial charge in [-0.2, -0.15) is 0 Å². The van der Waals surface area contributed by atoms with Gasteiger partial charge in [-0.05, 0) is 35.7 Å². The van der Waals surface area contributed by atoms with E-state index in [0.29, 0.717) is 16.4 Å². The summed E-state index contributed by atoms with van der Waals surface area (Å²) >= 11 is 1.40. The van der Waals surface area contributed by atoms with Gasteiger partial charge >= 0.3 is 0 Å². The lowest BCUT2D eigenvalue weighted by Gasteiger charge is -2.08. The molecule has 0 unspecified atom stereocenters. The minimum Gasteiger partial charge on any atom is -0.497 e. The second-order valence-electron chi connectivity index (χ2n) is 4.72. The first-order chi connectivity index (χ1) is 11.2. The van der Waals surface area contributed by atoms with Gasteiger partial charge in [0.25, 0.3) is 5.91 Å². The predicted molar refractivity (Wildman–Crippen MR) is 92.8 cm³/mol. The van der Waals surface area contributed by atoms with Crippen molar-refractivity contribution in [3.05, 3.63) is 65.0 Å². The zero-order chi connectivity index (χ0) is 16.1. The summed E-state index contributed by atoms with van der Waals surface area (Å²) in [5.74, 6) is 1.33. The maximum absolute atomic E-state index is 12.0. The molecule has 0 saturated carbocycles. The average molecular weight is 325 g/mol. The number of nitrogens with one attached hydrogen (secondary N) is 2. The first kappa shape index (κ1) is 15.1. The van der Waals surface area contributed by atoms with Crippen molar-refractivity contribution in [1.82, 2.24) is 4.98 Å². The Morgan fingerprint density at radius 2 is 2.04 bits per heavy atom. The third kappa shape index (κ3) is 3.87. The van der Waals surface area contributed by atoms with E-state index in [2.05, 4.69) is 15.6 Å². The van der Waals surface area contributed by atoms with Crippen molar-refractivity contribution in [2.45, 2.75) is 0 Å². The van der Waals surface area contributed by atoms with Gasteiger partial charge in [0.1, 0.15) is 11.6 Å². The van der Waals surface area contributed by atoms with Gasteiger partial charge in [0.2, 0.25) is 0 Å². The molecule has 3 aromatic rings. The number of rotatable bonds is 5. The number of carbonyl (C=O) groups is 1. The van der Waals surface area contributed by atoms with E-state index in [1.165, 1.54) is 11.3 Å². The predicted octanol–water partition coefficient (Wildman–Crippen LogP) is 4.15. The SMILES string of the molecule is COc1cccc(Nc2ccc(NC(=O)c3cccs3)cn2)c1. The zero-order valence-electron chi connectivity index (χ0n) is 12.4. The van der Waals surface area contributed by atoms with Crippen LogP contribution in [0, 0.1) is 0 Å².